The summed E-state index contributed by atoms with van der Waals surface area (Å²) in [6.07, 6.45) is 2.57. The lowest BCUT2D eigenvalue weighted by Crippen LogP contribution is -2.39. The van der Waals surface area contributed by atoms with E-state index in [0.717, 1.165) is 29.6 Å². The quantitative estimate of drug-likeness (QED) is 0.267. The first kappa shape index (κ1) is 30.6. The van der Waals surface area contributed by atoms with Crippen LogP contribution in [0.3, 0.4) is 0 Å². The number of halogens is 2. The Bertz CT molecular complexity index is 1090. The molecular formula is C28H35BCl2N3O3. The third-order valence-electron chi connectivity index (χ3n) is 5.47. The van der Waals surface area contributed by atoms with Crippen LogP contribution in [-0.2, 0) is 20.9 Å². The van der Waals surface area contributed by atoms with Crippen LogP contribution >= 0.6 is 23.2 Å². The SMILES string of the molecule is CCCC(=O)C(CN=C1[B]C(CC(C)C)=C(c2ccc(Cl)c(Cl)c2)N1)NC=O.COCc1ccccc1. The van der Waals surface area contributed by atoms with E-state index >= 15 is 0 Å². The molecule has 3 rings (SSSR count). The van der Waals surface area contributed by atoms with Crippen LogP contribution in [0.25, 0.3) is 5.70 Å². The van der Waals surface area contributed by atoms with Gasteiger partial charge in [-0.25, -0.2) is 0 Å². The third kappa shape index (κ3) is 10.3. The molecule has 1 aliphatic rings. The third-order valence-corrected chi connectivity index (χ3v) is 6.21. The number of nitrogens with zero attached hydrogens (tertiary/aromatic N) is 1. The van der Waals surface area contributed by atoms with Crippen molar-refractivity contribution in [2.24, 2.45) is 10.9 Å². The van der Waals surface area contributed by atoms with E-state index in [1.807, 2.05) is 56.7 Å². The normalized spacial score (nSPS) is 14.5. The zero-order valence-electron chi connectivity index (χ0n) is 21.9. The number of aliphatic imine (C=N–C) groups is 1. The molecule has 9 heteroatoms. The number of allylic oxidation sites excluding steroid dienone is 1. The Kier molecular flexibility index (Phi) is 13.5. The number of carbonyl (C=O) groups is 2. The lowest BCUT2D eigenvalue weighted by molar-refractivity contribution is -0.123. The molecule has 0 bridgehead atoms. The fraction of sp³-hybridized carbons (Fsp3) is 0.393. The first-order valence-corrected chi connectivity index (χ1v) is 13.1. The summed E-state index contributed by atoms with van der Waals surface area (Å²) in [7, 11) is 3.69. The Morgan fingerprint density at radius 2 is 1.89 bits per heavy atom. The molecule has 2 N–H and O–H groups in total. The predicted octanol–water partition coefficient (Wildman–Crippen LogP) is 5.69. The number of Topliss-reactive ketones (excluding diaryl/α,β-unsaturated/α-hetero) is 1. The highest BCUT2D eigenvalue weighted by Gasteiger charge is 2.24. The standard InChI is InChI=1S/C20H25BCl2N3O2.C8H10O/c1-4-5-18(28)17(25-11-27)10-24-20-21-14(8-12(2)3)19(26-20)13-6-7-15(22)16(23)9-13;1-9-7-8-5-3-2-4-6-8/h6-7,9,11-12,17H,4-5,8,10H2,1-3H3,(H,24,26)(H,25,27);2-6H,7H2,1H3. The number of hydrogen-bond acceptors (Lipinski definition) is 4. The molecule has 1 heterocycles. The Labute approximate surface area is 231 Å². The van der Waals surface area contributed by atoms with E-state index in [1.54, 1.807) is 13.2 Å². The van der Waals surface area contributed by atoms with Crippen LogP contribution in [0, 0.1) is 5.92 Å². The number of ether oxygens (including phenoxy) is 1. The van der Waals surface area contributed by atoms with Crippen molar-refractivity contribution in [3.63, 3.8) is 0 Å². The van der Waals surface area contributed by atoms with Crippen molar-refractivity contribution in [2.45, 2.75) is 52.7 Å². The number of hydrogen-bond donors (Lipinski definition) is 2. The second-order valence-corrected chi connectivity index (χ2v) is 9.91. The van der Waals surface area contributed by atoms with Gasteiger partial charge in [-0.1, -0.05) is 85.8 Å². The molecule has 0 saturated heterocycles. The van der Waals surface area contributed by atoms with E-state index in [-0.39, 0.29) is 12.3 Å². The van der Waals surface area contributed by atoms with Crippen LogP contribution in [-0.4, -0.2) is 44.9 Å². The average Bonchev–Trinajstić information content (AvgIpc) is 3.26. The van der Waals surface area contributed by atoms with Crippen LogP contribution < -0.4 is 10.6 Å². The van der Waals surface area contributed by atoms with Gasteiger partial charge in [-0.05, 0) is 42.0 Å². The van der Waals surface area contributed by atoms with E-state index in [4.69, 9.17) is 27.9 Å². The number of methoxy groups -OCH3 is 1. The summed E-state index contributed by atoms with van der Waals surface area (Å²) in [6, 6.07) is 15.0. The molecule has 1 unspecified atom stereocenters. The molecule has 1 amide bonds. The number of ketones is 1. The van der Waals surface area contributed by atoms with Gasteiger partial charge in [-0.3, -0.25) is 14.6 Å². The van der Waals surface area contributed by atoms with E-state index in [2.05, 4.69) is 29.5 Å². The maximum Gasteiger partial charge on any atom is 0.236 e. The van der Waals surface area contributed by atoms with E-state index in [1.165, 1.54) is 5.56 Å². The summed E-state index contributed by atoms with van der Waals surface area (Å²) in [6.45, 7) is 7.13. The second kappa shape index (κ2) is 16.3. The molecule has 0 aliphatic carbocycles. The van der Waals surface area contributed by atoms with Gasteiger partial charge in [0.2, 0.25) is 13.7 Å². The Morgan fingerprint density at radius 3 is 2.49 bits per heavy atom. The number of carbonyl (C=O) groups excluding carboxylic acids is 2. The number of benzene rings is 2. The molecule has 1 aliphatic heterocycles. The highest BCUT2D eigenvalue weighted by molar-refractivity contribution is 6.83. The maximum absolute atomic E-state index is 12.1. The summed E-state index contributed by atoms with van der Waals surface area (Å²) in [5.41, 5.74) is 4.87. The second-order valence-electron chi connectivity index (χ2n) is 9.09. The summed E-state index contributed by atoms with van der Waals surface area (Å²) in [4.78, 5) is 27.5. The molecule has 0 fully saturated rings. The zero-order chi connectivity index (χ0) is 27.2. The molecule has 6 nitrogen and oxygen atoms in total. The molecule has 37 heavy (non-hydrogen) atoms. The summed E-state index contributed by atoms with van der Waals surface area (Å²) >= 11 is 12.2. The topological polar surface area (TPSA) is 79.8 Å². The minimum absolute atomic E-state index is 0.0167. The molecule has 2 aromatic carbocycles. The van der Waals surface area contributed by atoms with Gasteiger partial charge in [0.25, 0.3) is 0 Å². The van der Waals surface area contributed by atoms with E-state index < -0.39 is 6.04 Å². The summed E-state index contributed by atoms with van der Waals surface area (Å²) < 4.78 is 4.93. The van der Waals surface area contributed by atoms with Crippen LogP contribution in [0.2, 0.25) is 10.0 Å². The largest absolute Gasteiger partial charge is 0.380 e. The first-order chi connectivity index (χ1) is 17.8. The van der Waals surface area contributed by atoms with Crippen molar-refractivity contribution in [1.29, 1.82) is 0 Å². The van der Waals surface area contributed by atoms with Crippen molar-refractivity contribution >= 4 is 54.1 Å². The van der Waals surface area contributed by atoms with E-state index in [9.17, 15) is 9.59 Å². The first-order valence-electron chi connectivity index (χ1n) is 12.4. The van der Waals surface area contributed by atoms with Crippen molar-refractivity contribution in [3.8, 4) is 0 Å². The summed E-state index contributed by atoms with van der Waals surface area (Å²) in [5, 5.41) is 6.88. The zero-order valence-corrected chi connectivity index (χ0v) is 23.4. The number of amidine groups is 1. The average molecular weight is 543 g/mol. The van der Waals surface area contributed by atoms with Gasteiger partial charge in [0.05, 0.1) is 28.9 Å². The monoisotopic (exact) mass is 542 g/mol. The van der Waals surface area contributed by atoms with Gasteiger partial charge in [0, 0.05) is 19.2 Å². The fourth-order valence-corrected chi connectivity index (χ4v) is 4.06. The molecular weight excluding hydrogens is 508 g/mol. The van der Waals surface area contributed by atoms with Gasteiger partial charge in [-0.2, -0.15) is 0 Å². The van der Waals surface area contributed by atoms with Gasteiger partial charge < -0.3 is 15.4 Å². The van der Waals surface area contributed by atoms with Crippen LogP contribution in [0.4, 0.5) is 0 Å². The molecule has 0 spiro atoms. The highest BCUT2D eigenvalue weighted by Crippen LogP contribution is 2.30. The summed E-state index contributed by atoms with van der Waals surface area (Å²) in [5.74, 6) is 0.442. The molecule has 1 atom stereocenters. The van der Waals surface area contributed by atoms with Crippen LogP contribution in [0.15, 0.2) is 59.0 Å². The number of rotatable bonds is 12. The van der Waals surface area contributed by atoms with Gasteiger partial charge in [-0.15, -0.1) is 0 Å². The minimum atomic E-state index is -0.609. The lowest BCUT2D eigenvalue weighted by atomic mass is 9.67. The Morgan fingerprint density at radius 1 is 1.16 bits per heavy atom. The minimum Gasteiger partial charge on any atom is -0.380 e. The van der Waals surface area contributed by atoms with Gasteiger partial charge in [0.1, 0.15) is 6.04 Å². The predicted molar refractivity (Wildman–Crippen MR) is 154 cm³/mol. The van der Waals surface area contributed by atoms with Crippen molar-refractivity contribution in [3.05, 3.63) is 75.2 Å². The Balaban J connectivity index is 0.000000449. The van der Waals surface area contributed by atoms with Crippen molar-refractivity contribution in [2.75, 3.05) is 13.7 Å². The maximum atomic E-state index is 12.1. The highest BCUT2D eigenvalue weighted by atomic mass is 35.5. The Hall–Kier alpha value is -2.61. The number of nitrogens with one attached hydrogen (secondary N) is 2. The fourth-order valence-electron chi connectivity index (χ4n) is 3.76. The smallest absolute Gasteiger partial charge is 0.236 e. The lowest BCUT2D eigenvalue weighted by Gasteiger charge is -2.13. The molecule has 2 aromatic rings. The molecule has 0 saturated carbocycles. The number of amides is 1. The molecule has 1 radical (unpaired) electrons. The van der Waals surface area contributed by atoms with Crippen molar-refractivity contribution < 1.29 is 14.3 Å². The molecule has 0 aromatic heterocycles. The van der Waals surface area contributed by atoms with Gasteiger partial charge >= 0.3 is 0 Å². The van der Waals surface area contributed by atoms with Crippen LogP contribution in [0.5, 0.6) is 0 Å². The molecule has 197 valence electrons. The van der Waals surface area contributed by atoms with Gasteiger partial charge in [0.15, 0.2) is 5.78 Å². The van der Waals surface area contributed by atoms with E-state index in [0.29, 0.717) is 41.1 Å². The van der Waals surface area contributed by atoms with Crippen LogP contribution in [0.1, 0.15) is 51.2 Å². The van der Waals surface area contributed by atoms with Crippen molar-refractivity contribution in [1.82, 2.24) is 10.6 Å².